The van der Waals surface area contributed by atoms with Gasteiger partial charge in [-0.05, 0) is 28.5 Å². The summed E-state index contributed by atoms with van der Waals surface area (Å²) in [5.74, 6) is 0. The van der Waals surface area contributed by atoms with Gasteiger partial charge in [-0.25, -0.2) is 0 Å². The second-order valence-electron chi connectivity index (χ2n) is 3.00. The van der Waals surface area contributed by atoms with Crippen LogP contribution in [0.25, 0.3) is 0 Å². The topological polar surface area (TPSA) is 29.3 Å². The number of likely N-dealkylation sites (N-methyl/N-ethyl adjacent to an activating group) is 1. The SMILES string of the molecule is CCN(CC(N)=S)Cc1cc(Br)cs1. The standard InChI is InChI=1S/C9H13BrN2S2/c1-2-12(5-9(11)13)4-8-3-7(10)6-14-8/h3,6H,2,4-5H2,1H3,(H2,11,13). The molecule has 1 aromatic heterocycles. The third kappa shape index (κ3) is 4.04. The van der Waals surface area contributed by atoms with Gasteiger partial charge in [-0.15, -0.1) is 11.3 Å². The molecule has 0 amide bonds. The van der Waals surface area contributed by atoms with Gasteiger partial charge in [0.25, 0.3) is 0 Å². The monoisotopic (exact) mass is 292 g/mol. The highest BCUT2D eigenvalue weighted by Crippen LogP contribution is 2.20. The summed E-state index contributed by atoms with van der Waals surface area (Å²) in [6, 6.07) is 2.13. The number of rotatable bonds is 5. The second-order valence-corrected chi connectivity index (χ2v) is 5.44. The van der Waals surface area contributed by atoms with Crippen LogP contribution in [0.15, 0.2) is 15.9 Å². The molecule has 0 bridgehead atoms. The number of thiocarbonyl (C=S) groups is 1. The Morgan fingerprint density at radius 3 is 2.86 bits per heavy atom. The third-order valence-electron chi connectivity index (χ3n) is 1.83. The Morgan fingerprint density at radius 1 is 1.71 bits per heavy atom. The lowest BCUT2D eigenvalue weighted by molar-refractivity contribution is 0.324. The third-order valence-corrected chi connectivity index (χ3v) is 3.64. The van der Waals surface area contributed by atoms with E-state index in [2.05, 4.69) is 39.2 Å². The summed E-state index contributed by atoms with van der Waals surface area (Å²) in [5.41, 5.74) is 5.51. The lowest BCUT2D eigenvalue weighted by Gasteiger charge is -2.18. The van der Waals surface area contributed by atoms with Crippen molar-refractivity contribution >= 4 is 44.5 Å². The molecule has 0 saturated heterocycles. The van der Waals surface area contributed by atoms with Crippen molar-refractivity contribution in [2.24, 2.45) is 5.73 Å². The zero-order valence-corrected chi connectivity index (χ0v) is 11.2. The summed E-state index contributed by atoms with van der Waals surface area (Å²) in [4.78, 5) is 4.11. The molecule has 0 aliphatic rings. The Balaban J connectivity index is 2.52. The van der Waals surface area contributed by atoms with Gasteiger partial charge in [-0.3, -0.25) is 4.90 Å². The molecule has 1 aromatic rings. The van der Waals surface area contributed by atoms with Crippen molar-refractivity contribution in [3.63, 3.8) is 0 Å². The van der Waals surface area contributed by atoms with Crippen molar-refractivity contribution in [2.45, 2.75) is 13.5 Å². The van der Waals surface area contributed by atoms with Crippen LogP contribution in [0.5, 0.6) is 0 Å². The minimum atomic E-state index is 0.558. The van der Waals surface area contributed by atoms with E-state index < -0.39 is 0 Å². The fourth-order valence-corrected chi connectivity index (χ4v) is 2.83. The van der Waals surface area contributed by atoms with Crippen LogP contribution in [0.4, 0.5) is 0 Å². The van der Waals surface area contributed by atoms with Crippen LogP contribution in [0.2, 0.25) is 0 Å². The van der Waals surface area contributed by atoms with Gasteiger partial charge < -0.3 is 5.73 Å². The van der Waals surface area contributed by atoms with Gasteiger partial charge in [0.1, 0.15) is 0 Å². The van der Waals surface area contributed by atoms with Gasteiger partial charge in [0.05, 0.1) is 4.99 Å². The van der Waals surface area contributed by atoms with Crippen molar-refractivity contribution in [2.75, 3.05) is 13.1 Å². The number of nitrogens with two attached hydrogens (primary N) is 1. The van der Waals surface area contributed by atoms with Crippen LogP contribution in [0.3, 0.4) is 0 Å². The maximum absolute atomic E-state index is 5.51. The van der Waals surface area contributed by atoms with Crippen molar-refractivity contribution in [1.82, 2.24) is 4.90 Å². The highest BCUT2D eigenvalue weighted by Gasteiger charge is 2.06. The van der Waals surface area contributed by atoms with E-state index in [0.29, 0.717) is 11.5 Å². The molecule has 14 heavy (non-hydrogen) atoms. The van der Waals surface area contributed by atoms with E-state index in [1.807, 2.05) is 0 Å². The molecule has 2 nitrogen and oxygen atoms in total. The number of hydrogen-bond donors (Lipinski definition) is 1. The predicted octanol–water partition coefficient (Wildman–Crippen LogP) is 2.62. The molecule has 0 fully saturated rings. The van der Waals surface area contributed by atoms with E-state index in [4.69, 9.17) is 18.0 Å². The van der Waals surface area contributed by atoms with Crippen LogP contribution in [0, 0.1) is 0 Å². The quantitative estimate of drug-likeness (QED) is 0.846. The van der Waals surface area contributed by atoms with E-state index in [1.54, 1.807) is 11.3 Å². The number of nitrogens with zero attached hydrogens (tertiary/aromatic N) is 1. The van der Waals surface area contributed by atoms with Crippen molar-refractivity contribution in [3.05, 3.63) is 20.8 Å². The van der Waals surface area contributed by atoms with Crippen molar-refractivity contribution in [3.8, 4) is 0 Å². The maximum atomic E-state index is 5.51. The van der Waals surface area contributed by atoms with E-state index >= 15 is 0 Å². The molecule has 78 valence electrons. The summed E-state index contributed by atoms with van der Waals surface area (Å²) < 4.78 is 1.14. The summed E-state index contributed by atoms with van der Waals surface area (Å²) in [7, 11) is 0. The molecule has 0 radical (unpaired) electrons. The van der Waals surface area contributed by atoms with Gasteiger partial charge in [-0.1, -0.05) is 19.1 Å². The predicted molar refractivity (Wildman–Crippen MR) is 69.8 cm³/mol. The maximum Gasteiger partial charge on any atom is 0.0870 e. The molecule has 0 aliphatic carbocycles. The zero-order chi connectivity index (χ0) is 10.6. The Hall–Kier alpha value is 0.0300. The smallest absolute Gasteiger partial charge is 0.0870 e. The minimum absolute atomic E-state index is 0.558. The molecule has 2 N–H and O–H groups in total. The van der Waals surface area contributed by atoms with Crippen LogP contribution in [-0.2, 0) is 6.54 Å². The van der Waals surface area contributed by atoms with Crippen molar-refractivity contribution < 1.29 is 0 Å². The number of thiophene rings is 1. The molecule has 5 heteroatoms. The first-order valence-electron chi connectivity index (χ1n) is 4.35. The number of halogens is 1. The lowest BCUT2D eigenvalue weighted by Crippen LogP contribution is -2.31. The second kappa shape index (κ2) is 5.80. The molecular formula is C9H13BrN2S2. The normalized spacial score (nSPS) is 10.8. The van der Waals surface area contributed by atoms with Crippen molar-refractivity contribution in [1.29, 1.82) is 0 Å². The Morgan fingerprint density at radius 2 is 2.43 bits per heavy atom. The molecule has 0 aromatic carbocycles. The minimum Gasteiger partial charge on any atom is -0.392 e. The Kier molecular flexibility index (Phi) is 5.01. The fraction of sp³-hybridized carbons (Fsp3) is 0.444. The first-order chi connectivity index (χ1) is 6.61. The van der Waals surface area contributed by atoms with Gasteiger partial charge in [0, 0.05) is 27.8 Å². The Bertz CT molecular complexity index is 312. The summed E-state index contributed by atoms with van der Waals surface area (Å²) >= 11 is 10.1. The summed E-state index contributed by atoms with van der Waals surface area (Å²) in [6.07, 6.45) is 0. The van der Waals surface area contributed by atoms with Crippen LogP contribution < -0.4 is 5.73 Å². The molecule has 0 atom stereocenters. The van der Waals surface area contributed by atoms with Crippen LogP contribution in [0.1, 0.15) is 11.8 Å². The molecule has 0 saturated carbocycles. The first kappa shape index (κ1) is 12.1. The average Bonchev–Trinajstić information content (AvgIpc) is 2.49. The molecule has 0 unspecified atom stereocenters. The summed E-state index contributed by atoms with van der Waals surface area (Å²) in [5, 5.41) is 2.09. The molecule has 1 heterocycles. The Labute approximate surface area is 102 Å². The largest absolute Gasteiger partial charge is 0.392 e. The summed E-state index contributed by atoms with van der Waals surface area (Å²) in [6.45, 7) is 4.69. The van der Waals surface area contributed by atoms with E-state index in [1.165, 1.54) is 4.88 Å². The van der Waals surface area contributed by atoms with Crippen LogP contribution in [-0.4, -0.2) is 23.0 Å². The number of hydrogen-bond acceptors (Lipinski definition) is 3. The van der Waals surface area contributed by atoms with Gasteiger partial charge in [0.2, 0.25) is 0 Å². The van der Waals surface area contributed by atoms with Gasteiger partial charge in [0.15, 0.2) is 0 Å². The van der Waals surface area contributed by atoms with Gasteiger partial charge >= 0.3 is 0 Å². The fourth-order valence-electron chi connectivity index (χ4n) is 1.16. The van der Waals surface area contributed by atoms with Crippen LogP contribution >= 0.6 is 39.5 Å². The highest BCUT2D eigenvalue weighted by atomic mass is 79.9. The zero-order valence-electron chi connectivity index (χ0n) is 8.00. The average molecular weight is 293 g/mol. The highest BCUT2D eigenvalue weighted by molar-refractivity contribution is 9.10. The molecule has 1 rings (SSSR count). The van der Waals surface area contributed by atoms with E-state index in [-0.39, 0.29) is 0 Å². The van der Waals surface area contributed by atoms with Gasteiger partial charge in [-0.2, -0.15) is 0 Å². The van der Waals surface area contributed by atoms with E-state index in [0.717, 1.165) is 17.6 Å². The molecule has 0 aliphatic heterocycles. The van der Waals surface area contributed by atoms with E-state index in [9.17, 15) is 0 Å². The molecule has 0 spiro atoms. The molecular weight excluding hydrogens is 280 g/mol. The lowest BCUT2D eigenvalue weighted by atomic mass is 10.4. The first-order valence-corrected chi connectivity index (χ1v) is 6.43.